The van der Waals surface area contributed by atoms with Crippen LogP contribution in [0.4, 0.5) is 10.3 Å². The van der Waals surface area contributed by atoms with Crippen molar-refractivity contribution in [2.75, 3.05) is 32.6 Å². The standard InChI is InChI=1S/C25H27BrFN7O2/c1-25(23(35)33(2)9-10-36-3)7-6-16(13-25)30-24-29-14-18-21(26)32-34(22(18)31-24)17-11-15-5-4-8-28-20(15)19(27)12-17/h4-5,8,11-12,14,16H,6-7,9-10,13H2,1-3H3,(H,29,30,31)/t16-,25-/m1/s1. The van der Waals surface area contributed by atoms with Gasteiger partial charge in [0.1, 0.15) is 10.1 Å². The van der Waals surface area contributed by atoms with Gasteiger partial charge in [0.2, 0.25) is 11.9 Å². The van der Waals surface area contributed by atoms with Crippen LogP contribution in [-0.4, -0.2) is 68.9 Å². The van der Waals surface area contributed by atoms with Gasteiger partial charge in [0.25, 0.3) is 0 Å². The van der Waals surface area contributed by atoms with Crippen LogP contribution in [0.15, 0.2) is 41.3 Å². The van der Waals surface area contributed by atoms with Crippen molar-refractivity contribution in [3.63, 3.8) is 0 Å². The molecule has 0 radical (unpaired) electrons. The van der Waals surface area contributed by atoms with Crippen LogP contribution in [0.2, 0.25) is 0 Å². The maximum Gasteiger partial charge on any atom is 0.228 e. The molecule has 0 bridgehead atoms. The third-order valence-electron chi connectivity index (χ3n) is 6.84. The lowest BCUT2D eigenvalue weighted by Crippen LogP contribution is -2.41. The first kappa shape index (κ1) is 24.5. The maximum absolute atomic E-state index is 14.8. The summed E-state index contributed by atoms with van der Waals surface area (Å²) in [6.07, 6.45) is 5.53. The first-order chi connectivity index (χ1) is 17.3. The number of amides is 1. The second kappa shape index (κ2) is 9.70. The Labute approximate surface area is 216 Å². The molecule has 0 spiro atoms. The summed E-state index contributed by atoms with van der Waals surface area (Å²) in [6.45, 7) is 3.08. The number of methoxy groups -OCH3 is 1. The molecule has 1 aromatic carbocycles. The fourth-order valence-corrected chi connectivity index (χ4v) is 5.34. The molecule has 1 N–H and O–H groups in total. The number of ether oxygens (including phenoxy) is 1. The number of nitrogens with one attached hydrogen (secondary N) is 1. The van der Waals surface area contributed by atoms with Crippen LogP contribution < -0.4 is 5.32 Å². The van der Waals surface area contributed by atoms with Gasteiger partial charge in [0, 0.05) is 56.0 Å². The monoisotopic (exact) mass is 555 g/mol. The molecular formula is C25H27BrFN7O2. The van der Waals surface area contributed by atoms with E-state index in [4.69, 9.17) is 9.72 Å². The Balaban J connectivity index is 1.40. The second-order valence-electron chi connectivity index (χ2n) is 9.50. The van der Waals surface area contributed by atoms with Crippen LogP contribution in [-0.2, 0) is 9.53 Å². The molecular weight excluding hydrogens is 529 g/mol. The van der Waals surface area contributed by atoms with Crippen molar-refractivity contribution in [3.05, 3.63) is 47.1 Å². The van der Waals surface area contributed by atoms with Crippen molar-refractivity contribution < 1.29 is 13.9 Å². The molecule has 1 aliphatic rings. The predicted octanol–water partition coefficient (Wildman–Crippen LogP) is 4.34. The fraction of sp³-hybridized carbons (Fsp3) is 0.400. The highest BCUT2D eigenvalue weighted by molar-refractivity contribution is 9.10. The highest BCUT2D eigenvalue weighted by atomic mass is 79.9. The molecule has 36 heavy (non-hydrogen) atoms. The number of nitrogens with zero attached hydrogens (tertiary/aromatic N) is 6. The summed E-state index contributed by atoms with van der Waals surface area (Å²) in [6, 6.07) is 6.85. The summed E-state index contributed by atoms with van der Waals surface area (Å²) >= 11 is 3.47. The minimum atomic E-state index is -0.453. The van der Waals surface area contributed by atoms with Gasteiger partial charge in [-0.3, -0.25) is 9.78 Å². The number of benzene rings is 1. The van der Waals surface area contributed by atoms with Crippen molar-refractivity contribution in [3.8, 4) is 5.69 Å². The number of halogens is 2. The molecule has 1 aliphatic carbocycles. The van der Waals surface area contributed by atoms with Gasteiger partial charge in [-0.05, 0) is 47.3 Å². The van der Waals surface area contributed by atoms with Gasteiger partial charge >= 0.3 is 0 Å². The van der Waals surface area contributed by atoms with Crippen molar-refractivity contribution in [2.24, 2.45) is 5.41 Å². The Morgan fingerprint density at radius 2 is 2.22 bits per heavy atom. The quantitative estimate of drug-likeness (QED) is 0.362. The molecule has 1 amide bonds. The molecule has 3 heterocycles. The smallest absolute Gasteiger partial charge is 0.228 e. The van der Waals surface area contributed by atoms with Gasteiger partial charge < -0.3 is 15.0 Å². The minimum Gasteiger partial charge on any atom is -0.383 e. The zero-order chi connectivity index (χ0) is 25.4. The van der Waals surface area contributed by atoms with E-state index in [1.165, 1.54) is 6.07 Å². The van der Waals surface area contributed by atoms with Crippen LogP contribution in [0.1, 0.15) is 26.2 Å². The predicted molar refractivity (Wildman–Crippen MR) is 139 cm³/mol. The first-order valence-corrected chi connectivity index (χ1v) is 12.6. The molecule has 0 saturated heterocycles. The number of aromatic nitrogens is 5. The van der Waals surface area contributed by atoms with Crippen LogP contribution in [0.5, 0.6) is 0 Å². The van der Waals surface area contributed by atoms with Gasteiger partial charge in [-0.25, -0.2) is 14.1 Å². The number of carbonyl (C=O) groups is 1. The minimum absolute atomic E-state index is 0.0521. The van der Waals surface area contributed by atoms with E-state index in [0.29, 0.717) is 57.7 Å². The highest BCUT2D eigenvalue weighted by Crippen LogP contribution is 2.40. The molecule has 2 atom stereocenters. The number of rotatable bonds is 7. The largest absolute Gasteiger partial charge is 0.383 e. The number of anilines is 1. The third kappa shape index (κ3) is 4.53. The van der Waals surface area contributed by atoms with Gasteiger partial charge in [-0.2, -0.15) is 10.1 Å². The second-order valence-corrected chi connectivity index (χ2v) is 10.3. The number of carbonyl (C=O) groups excluding carboxylic acids is 1. The SMILES string of the molecule is COCCN(C)C(=O)[C@]1(C)CC[C@@H](Nc2ncc3c(Br)nn(-c4cc(F)c5ncccc5c4)c3n2)C1. The highest BCUT2D eigenvalue weighted by Gasteiger charge is 2.42. The summed E-state index contributed by atoms with van der Waals surface area (Å²) in [4.78, 5) is 28.1. The summed E-state index contributed by atoms with van der Waals surface area (Å²) < 4.78 is 22.0. The molecule has 1 fully saturated rings. The number of hydrogen-bond donors (Lipinski definition) is 1. The molecule has 11 heteroatoms. The third-order valence-corrected chi connectivity index (χ3v) is 7.42. The van der Waals surface area contributed by atoms with Crippen LogP contribution >= 0.6 is 15.9 Å². The van der Waals surface area contributed by atoms with Crippen molar-refractivity contribution >= 4 is 49.7 Å². The summed E-state index contributed by atoms with van der Waals surface area (Å²) in [7, 11) is 3.44. The zero-order valence-corrected chi connectivity index (χ0v) is 21.9. The molecule has 5 rings (SSSR count). The van der Waals surface area contributed by atoms with Crippen molar-refractivity contribution in [2.45, 2.75) is 32.2 Å². The van der Waals surface area contributed by atoms with E-state index in [1.807, 2.05) is 26.1 Å². The Hall–Kier alpha value is -3.18. The van der Waals surface area contributed by atoms with Gasteiger partial charge in [-0.1, -0.05) is 13.0 Å². The number of likely N-dealkylation sites (N-methyl/N-ethyl adjacent to an activating group) is 1. The lowest BCUT2D eigenvalue weighted by atomic mass is 9.87. The van der Waals surface area contributed by atoms with E-state index in [2.05, 4.69) is 36.3 Å². The lowest BCUT2D eigenvalue weighted by molar-refractivity contribution is -0.140. The van der Waals surface area contributed by atoms with E-state index in [-0.39, 0.29) is 11.9 Å². The number of fused-ring (bicyclic) bond motifs is 2. The molecule has 3 aromatic heterocycles. The normalized spacial score (nSPS) is 19.8. The lowest BCUT2D eigenvalue weighted by Gasteiger charge is -2.29. The molecule has 188 valence electrons. The van der Waals surface area contributed by atoms with Crippen LogP contribution in [0, 0.1) is 11.2 Å². The van der Waals surface area contributed by atoms with Gasteiger partial charge in [0.05, 0.1) is 17.7 Å². The Morgan fingerprint density at radius 3 is 3.03 bits per heavy atom. The Kier molecular flexibility index (Phi) is 6.60. The van der Waals surface area contributed by atoms with E-state index in [1.54, 1.807) is 35.2 Å². The number of pyridine rings is 1. The summed E-state index contributed by atoms with van der Waals surface area (Å²) in [5.41, 5.74) is 0.927. The average molecular weight is 556 g/mol. The molecule has 4 aromatic rings. The van der Waals surface area contributed by atoms with Crippen LogP contribution in [0.25, 0.3) is 27.6 Å². The van der Waals surface area contributed by atoms with E-state index >= 15 is 0 Å². The molecule has 1 saturated carbocycles. The van der Waals surface area contributed by atoms with Gasteiger partial charge in [-0.15, -0.1) is 0 Å². The molecule has 0 aliphatic heterocycles. The summed E-state index contributed by atoms with van der Waals surface area (Å²) in [5.74, 6) is 0.129. The number of hydrogen-bond acceptors (Lipinski definition) is 7. The zero-order valence-electron chi connectivity index (χ0n) is 20.3. The van der Waals surface area contributed by atoms with E-state index in [9.17, 15) is 9.18 Å². The fourth-order valence-electron chi connectivity index (χ4n) is 4.90. The van der Waals surface area contributed by atoms with E-state index < -0.39 is 11.2 Å². The van der Waals surface area contributed by atoms with Crippen LogP contribution in [0.3, 0.4) is 0 Å². The average Bonchev–Trinajstić information content (AvgIpc) is 3.42. The Bertz CT molecular complexity index is 1440. The van der Waals surface area contributed by atoms with Gasteiger partial charge in [0.15, 0.2) is 11.5 Å². The summed E-state index contributed by atoms with van der Waals surface area (Å²) in [5, 5.41) is 9.30. The Morgan fingerprint density at radius 1 is 1.39 bits per heavy atom. The van der Waals surface area contributed by atoms with E-state index in [0.717, 1.165) is 12.8 Å². The molecule has 9 nitrogen and oxygen atoms in total. The first-order valence-electron chi connectivity index (χ1n) is 11.8. The van der Waals surface area contributed by atoms with Crippen molar-refractivity contribution in [1.29, 1.82) is 0 Å². The topological polar surface area (TPSA) is 98.1 Å². The van der Waals surface area contributed by atoms with Crippen molar-refractivity contribution in [1.82, 2.24) is 29.6 Å². The molecule has 0 unspecified atom stereocenters. The maximum atomic E-state index is 14.8.